The van der Waals surface area contributed by atoms with Crippen LogP contribution in [-0.2, 0) is 25.8 Å². The van der Waals surface area contributed by atoms with Gasteiger partial charge in [-0.15, -0.1) is 10.2 Å². The van der Waals surface area contributed by atoms with Gasteiger partial charge in [0.2, 0.25) is 0 Å². The first-order valence-electron chi connectivity index (χ1n) is 9.32. The van der Waals surface area contributed by atoms with Crippen molar-refractivity contribution < 1.29 is 4.79 Å². The van der Waals surface area contributed by atoms with Gasteiger partial charge in [0.1, 0.15) is 11.6 Å². The van der Waals surface area contributed by atoms with E-state index in [9.17, 15) is 4.79 Å². The molecule has 1 atom stereocenters. The molecule has 1 amide bonds. The average molecular weight is 362 g/mol. The third kappa shape index (κ3) is 4.19. The predicted octanol–water partition coefficient (Wildman–Crippen LogP) is 1.99. The van der Waals surface area contributed by atoms with Crippen LogP contribution in [0.3, 0.4) is 0 Å². The number of aryl methyl sites for hydroxylation is 3. The monoisotopic (exact) mass is 362 g/mol. The van der Waals surface area contributed by atoms with Crippen LogP contribution >= 0.6 is 0 Å². The number of aromatic nitrogens is 5. The maximum atomic E-state index is 12.3. The number of nitrogens with one attached hydrogen (secondary N) is 1. The first-order valence-corrected chi connectivity index (χ1v) is 9.32. The lowest BCUT2D eigenvalue weighted by atomic mass is 10.1. The van der Waals surface area contributed by atoms with Crippen LogP contribution < -0.4 is 5.32 Å². The molecule has 1 aliphatic heterocycles. The highest BCUT2D eigenvalue weighted by Gasteiger charge is 2.21. The summed E-state index contributed by atoms with van der Waals surface area (Å²) in [6.07, 6.45) is 7.39. The zero-order valence-electron chi connectivity index (χ0n) is 15.1. The van der Waals surface area contributed by atoms with E-state index in [4.69, 9.17) is 0 Å². The molecule has 1 aliphatic rings. The van der Waals surface area contributed by atoms with Crippen LogP contribution in [0.4, 0.5) is 0 Å². The van der Waals surface area contributed by atoms with Crippen molar-refractivity contribution in [1.82, 2.24) is 30.3 Å². The van der Waals surface area contributed by atoms with E-state index in [-0.39, 0.29) is 11.9 Å². The highest BCUT2D eigenvalue weighted by molar-refractivity contribution is 5.93. The number of amides is 1. The highest BCUT2D eigenvalue weighted by Crippen LogP contribution is 2.17. The Morgan fingerprint density at radius 3 is 2.78 bits per heavy atom. The fourth-order valence-electron chi connectivity index (χ4n) is 3.47. The standard InChI is InChI=1S/C20H22N6O/c27-20(16-10-12-21-22-14-16)23-17-7-9-19-25-24-18(26(19)13-11-17)8-6-15-4-2-1-3-5-15/h1-5,10,12,14,17H,6-9,11,13H2,(H,23,27). The number of fused-ring (bicyclic) bond motifs is 1. The number of hydrogen-bond donors (Lipinski definition) is 1. The van der Waals surface area contributed by atoms with Gasteiger partial charge in [-0.25, -0.2) is 0 Å². The van der Waals surface area contributed by atoms with Crippen molar-refractivity contribution in [2.24, 2.45) is 0 Å². The molecule has 3 heterocycles. The number of carbonyl (C=O) groups is 1. The van der Waals surface area contributed by atoms with Gasteiger partial charge in [-0.1, -0.05) is 30.3 Å². The van der Waals surface area contributed by atoms with Crippen LogP contribution in [0.1, 0.15) is 40.4 Å². The topological polar surface area (TPSA) is 85.6 Å². The lowest BCUT2D eigenvalue weighted by molar-refractivity contribution is 0.0932. The highest BCUT2D eigenvalue weighted by atomic mass is 16.1. The van der Waals surface area contributed by atoms with E-state index in [2.05, 4.69) is 54.5 Å². The van der Waals surface area contributed by atoms with Crippen LogP contribution in [0, 0.1) is 0 Å². The summed E-state index contributed by atoms with van der Waals surface area (Å²) in [6.45, 7) is 0.825. The summed E-state index contributed by atoms with van der Waals surface area (Å²) >= 11 is 0. The molecule has 0 saturated carbocycles. The first-order chi connectivity index (χ1) is 13.3. The minimum atomic E-state index is -0.100. The maximum absolute atomic E-state index is 12.3. The third-order valence-corrected chi connectivity index (χ3v) is 4.98. The molecule has 0 saturated heterocycles. The zero-order chi connectivity index (χ0) is 18.5. The van der Waals surface area contributed by atoms with E-state index in [1.54, 1.807) is 6.07 Å². The Morgan fingerprint density at radius 2 is 1.96 bits per heavy atom. The van der Waals surface area contributed by atoms with Gasteiger partial charge in [0, 0.05) is 25.4 Å². The molecule has 0 fully saturated rings. The van der Waals surface area contributed by atoms with Crippen LogP contribution in [0.15, 0.2) is 48.8 Å². The Kier molecular flexibility index (Phi) is 5.18. The van der Waals surface area contributed by atoms with Gasteiger partial charge in [0.05, 0.1) is 18.0 Å². The van der Waals surface area contributed by atoms with Crippen molar-refractivity contribution >= 4 is 5.91 Å². The molecule has 7 nitrogen and oxygen atoms in total. The number of carbonyl (C=O) groups excluding carboxylic acids is 1. The Labute approximate surface area is 157 Å². The molecule has 4 rings (SSSR count). The van der Waals surface area contributed by atoms with Crippen LogP contribution in [0.5, 0.6) is 0 Å². The van der Waals surface area contributed by atoms with Gasteiger partial charge < -0.3 is 9.88 Å². The number of hydrogen-bond acceptors (Lipinski definition) is 5. The summed E-state index contributed by atoms with van der Waals surface area (Å²) in [5, 5.41) is 19.4. The average Bonchev–Trinajstić information content (AvgIpc) is 3.00. The van der Waals surface area contributed by atoms with Gasteiger partial charge in [0.25, 0.3) is 5.91 Å². The van der Waals surface area contributed by atoms with E-state index >= 15 is 0 Å². The Balaban J connectivity index is 1.37. The zero-order valence-corrected chi connectivity index (χ0v) is 15.1. The Morgan fingerprint density at radius 1 is 1.07 bits per heavy atom. The summed E-state index contributed by atoms with van der Waals surface area (Å²) in [5.74, 6) is 1.94. The van der Waals surface area contributed by atoms with Gasteiger partial charge in [-0.2, -0.15) is 10.2 Å². The number of rotatable bonds is 5. The smallest absolute Gasteiger partial charge is 0.253 e. The molecule has 138 valence electrons. The molecule has 0 aliphatic carbocycles. The molecule has 0 spiro atoms. The lowest BCUT2D eigenvalue weighted by Crippen LogP contribution is -2.35. The predicted molar refractivity (Wildman–Crippen MR) is 100 cm³/mol. The van der Waals surface area contributed by atoms with Crippen LogP contribution in [-0.4, -0.2) is 36.9 Å². The molecule has 27 heavy (non-hydrogen) atoms. The van der Waals surface area contributed by atoms with E-state index in [1.807, 2.05) is 6.07 Å². The van der Waals surface area contributed by atoms with Crippen molar-refractivity contribution in [3.8, 4) is 0 Å². The molecule has 1 unspecified atom stereocenters. The summed E-state index contributed by atoms with van der Waals surface area (Å²) in [7, 11) is 0. The summed E-state index contributed by atoms with van der Waals surface area (Å²) in [5.41, 5.74) is 1.84. The SMILES string of the molecule is O=C(NC1CCc2nnc(CCc3ccccc3)n2CC1)c1ccnnc1. The van der Waals surface area contributed by atoms with Crippen molar-refractivity contribution in [3.63, 3.8) is 0 Å². The van der Waals surface area contributed by atoms with Crippen LogP contribution in [0.2, 0.25) is 0 Å². The second-order valence-electron chi connectivity index (χ2n) is 6.80. The fourth-order valence-corrected chi connectivity index (χ4v) is 3.47. The minimum absolute atomic E-state index is 0.100. The lowest BCUT2D eigenvalue weighted by Gasteiger charge is -2.16. The quantitative estimate of drug-likeness (QED) is 0.750. The molecular weight excluding hydrogens is 340 g/mol. The van der Waals surface area contributed by atoms with Crippen LogP contribution in [0.25, 0.3) is 0 Å². The van der Waals surface area contributed by atoms with Crippen molar-refractivity contribution in [3.05, 3.63) is 71.6 Å². The van der Waals surface area contributed by atoms with Gasteiger partial charge in [0.15, 0.2) is 0 Å². The number of nitrogens with zero attached hydrogens (tertiary/aromatic N) is 5. The third-order valence-electron chi connectivity index (χ3n) is 4.98. The normalized spacial score (nSPS) is 16.4. The number of benzene rings is 1. The molecule has 0 radical (unpaired) electrons. The van der Waals surface area contributed by atoms with Crippen molar-refractivity contribution in [2.45, 2.75) is 44.7 Å². The van der Waals surface area contributed by atoms with E-state index in [0.29, 0.717) is 5.56 Å². The minimum Gasteiger partial charge on any atom is -0.349 e. The molecular formula is C20H22N6O. The fraction of sp³-hybridized carbons (Fsp3) is 0.350. The van der Waals surface area contributed by atoms with Gasteiger partial charge >= 0.3 is 0 Å². The molecule has 7 heteroatoms. The van der Waals surface area contributed by atoms with Crippen molar-refractivity contribution in [2.75, 3.05) is 0 Å². The first kappa shape index (κ1) is 17.3. The molecule has 2 aromatic heterocycles. The molecule has 0 bridgehead atoms. The second kappa shape index (κ2) is 8.07. The molecule has 3 aromatic rings. The van der Waals surface area contributed by atoms with Gasteiger partial charge in [-0.05, 0) is 30.9 Å². The Bertz CT molecular complexity index is 893. The van der Waals surface area contributed by atoms with Gasteiger partial charge in [-0.3, -0.25) is 4.79 Å². The second-order valence-corrected chi connectivity index (χ2v) is 6.80. The summed E-state index contributed by atoms with van der Waals surface area (Å²) < 4.78 is 2.23. The molecule has 1 N–H and O–H groups in total. The Hall–Kier alpha value is -3.09. The summed E-state index contributed by atoms with van der Waals surface area (Å²) in [4.78, 5) is 12.3. The summed E-state index contributed by atoms with van der Waals surface area (Å²) in [6, 6.07) is 12.2. The molecule has 1 aromatic carbocycles. The van der Waals surface area contributed by atoms with E-state index < -0.39 is 0 Å². The van der Waals surface area contributed by atoms with E-state index in [1.165, 1.54) is 18.0 Å². The van der Waals surface area contributed by atoms with Crippen molar-refractivity contribution in [1.29, 1.82) is 0 Å². The maximum Gasteiger partial charge on any atom is 0.253 e. The largest absolute Gasteiger partial charge is 0.349 e. The van der Waals surface area contributed by atoms with E-state index in [0.717, 1.165) is 50.3 Å².